The molecule has 4 rings (SSSR count). The quantitative estimate of drug-likeness (QED) is 0.270. The molecule has 2 bridgehead atoms. The maximum atomic E-state index is 14.4. The van der Waals surface area contributed by atoms with Crippen LogP contribution in [0.3, 0.4) is 0 Å². The average Bonchev–Trinajstić information content (AvgIpc) is 3.38. The highest BCUT2D eigenvalue weighted by atomic mass is 16.7. The number of aliphatic hydroxyl groups is 3. The number of likely N-dealkylation sites (N-methyl/N-ethyl adjacent to an activating group) is 1. The van der Waals surface area contributed by atoms with Crippen LogP contribution in [-0.2, 0) is 33.2 Å². The Balaban J connectivity index is 1.84. The highest BCUT2D eigenvalue weighted by Crippen LogP contribution is 2.47. The second-order valence-electron chi connectivity index (χ2n) is 17.0. The first kappa shape index (κ1) is 42.4. The molecule has 4 N–H and O–H groups in total. The Bertz CT molecular complexity index is 1220. The van der Waals surface area contributed by atoms with Crippen molar-refractivity contribution in [3.63, 3.8) is 0 Å². The first-order valence-electron chi connectivity index (χ1n) is 19.4. The fourth-order valence-corrected chi connectivity index (χ4v) is 9.21. The van der Waals surface area contributed by atoms with Crippen molar-refractivity contribution in [2.45, 2.75) is 193 Å². The van der Waals surface area contributed by atoms with E-state index in [-0.39, 0.29) is 24.2 Å². The molecule has 3 fully saturated rings. The fourth-order valence-electron chi connectivity index (χ4n) is 9.21. The molecule has 4 heterocycles. The second-order valence-corrected chi connectivity index (χ2v) is 17.0. The number of hydrogen-bond donors (Lipinski definition) is 4. The maximum absolute atomic E-state index is 14.4. The van der Waals surface area contributed by atoms with E-state index in [9.17, 15) is 20.1 Å². The maximum Gasteiger partial charge on any atom is 0.225 e. The topological polar surface area (TPSA) is 148 Å². The molecular weight excluding hydrogens is 656 g/mol. The first-order chi connectivity index (χ1) is 23.7. The van der Waals surface area contributed by atoms with E-state index in [0.29, 0.717) is 44.3 Å². The minimum atomic E-state index is -1.68. The third-order valence-corrected chi connectivity index (χ3v) is 12.4. The summed E-state index contributed by atoms with van der Waals surface area (Å²) in [6.07, 6.45) is -2.31. The predicted molar refractivity (Wildman–Crippen MR) is 194 cm³/mol. The van der Waals surface area contributed by atoms with E-state index < -0.39 is 77.6 Å². The third kappa shape index (κ3) is 8.97. The number of hydrogen-bond acceptors (Lipinski definition) is 11. The van der Waals surface area contributed by atoms with Crippen molar-refractivity contribution in [2.24, 2.45) is 17.8 Å². The van der Waals surface area contributed by atoms with Gasteiger partial charge in [0.15, 0.2) is 12.6 Å². The molecule has 0 saturated carbocycles. The zero-order chi connectivity index (χ0) is 38.2. The second kappa shape index (κ2) is 16.6. The summed E-state index contributed by atoms with van der Waals surface area (Å²) >= 11 is 0. The lowest BCUT2D eigenvalue weighted by molar-refractivity contribution is -0.308. The van der Waals surface area contributed by atoms with Crippen molar-refractivity contribution in [2.75, 3.05) is 20.7 Å². The molecule has 0 radical (unpaired) electrons. The molecule has 16 atom stereocenters. The smallest absolute Gasteiger partial charge is 0.225 e. The molecule has 0 aliphatic carbocycles. The summed E-state index contributed by atoms with van der Waals surface area (Å²) < 4.78 is 39.4. The molecule has 296 valence electrons. The van der Waals surface area contributed by atoms with Crippen LogP contribution >= 0.6 is 0 Å². The van der Waals surface area contributed by atoms with Crippen LogP contribution in [0.25, 0.3) is 0 Å². The molecule has 51 heavy (non-hydrogen) atoms. The van der Waals surface area contributed by atoms with Crippen molar-refractivity contribution in [3.05, 3.63) is 11.3 Å². The molecule has 0 aromatic rings. The zero-order valence-electron chi connectivity index (χ0n) is 33.6. The van der Waals surface area contributed by atoms with E-state index in [1.807, 2.05) is 69.4 Å². The molecule has 0 spiro atoms. The average molecular weight is 727 g/mol. The normalized spacial score (nSPS) is 47.3. The number of nitrogens with zero attached hydrogens (tertiary/aromatic N) is 1. The van der Waals surface area contributed by atoms with Gasteiger partial charge < -0.3 is 54.0 Å². The number of carbonyl (C=O) groups excluding carboxylic acids is 1. The number of methoxy groups -OCH3 is 1. The van der Waals surface area contributed by atoms with Crippen molar-refractivity contribution in [1.82, 2.24) is 10.2 Å². The van der Waals surface area contributed by atoms with Crippen LogP contribution in [-0.4, -0.2) is 125 Å². The standard InChI is InChI=1S/C39H70N2O10/c1-14-16-28-39(11,45)33(43)24(6)31-21(3)18-38(10,51-31)34(50-36-30(42)27(41(12)15-2)17-22(4)48-36)25(7)32(26(8)35(44)40-28)49-29-20-37(9,46-13)19-23(5)47-29/h22-30,32-34,36,42-43,45H,14-20H2,1-13H3,(H,40,44)/t22-,23+,24+,25+,26-,27+,28?,29?,30-,32+,33-,34-,36?,37+,38-,39-/m1/s1. The highest BCUT2D eigenvalue weighted by molar-refractivity contribution is 5.79. The predicted octanol–water partition coefficient (Wildman–Crippen LogP) is 4.27. The van der Waals surface area contributed by atoms with Crippen molar-refractivity contribution < 1.29 is 48.5 Å². The summed E-state index contributed by atoms with van der Waals surface area (Å²) in [5.41, 5.74) is -2.24. The van der Waals surface area contributed by atoms with Gasteiger partial charge in [0.2, 0.25) is 5.91 Å². The highest BCUT2D eigenvalue weighted by Gasteiger charge is 2.55. The number of rotatable bonds is 9. The lowest BCUT2D eigenvalue weighted by Crippen LogP contribution is -2.61. The molecule has 4 aliphatic rings. The Hall–Kier alpha value is -1.35. The Morgan fingerprint density at radius 3 is 2.25 bits per heavy atom. The van der Waals surface area contributed by atoms with E-state index in [0.717, 1.165) is 12.1 Å². The molecule has 0 aromatic carbocycles. The van der Waals surface area contributed by atoms with E-state index in [4.69, 9.17) is 28.4 Å². The Morgan fingerprint density at radius 2 is 1.65 bits per heavy atom. The fraction of sp³-hybridized carbons (Fsp3) is 0.923. The summed E-state index contributed by atoms with van der Waals surface area (Å²) in [7, 11) is 3.68. The molecule has 3 unspecified atom stereocenters. The number of ether oxygens (including phenoxy) is 6. The van der Waals surface area contributed by atoms with Crippen LogP contribution in [0.1, 0.15) is 115 Å². The van der Waals surface area contributed by atoms with Gasteiger partial charge in [0, 0.05) is 44.2 Å². The Kier molecular flexibility index (Phi) is 13.8. The molecule has 1 amide bonds. The van der Waals surface area contributed by atoms with Crippen LogP contribution in [0, 0.1) is 17.8 Å². The van der Waals surface area contributed by atoms with Crippen LogP contribution in [0.15, 0.2) is 11.3 Å². The number of amides is 1. The van der Waals surface area contributed by atoms with Gasteiger partial charge in [-0.15, -0.1) is 0 Å². The van der Waals surface area contributed by atoms with E-state index >= 15 is 0 Å². The van der Waals surface area contributed by atoms with E-state index in [1.54, 1.807) is 14.0 Å². The van der Waals surface area contributed by atoms with Crippen LogP contribution in [0.5, 0.6) is 0 Å². The molecular formula is C39H70N2O10. The first-order valence-corrected chi connectivity index (χ1v) is 19.4. The van der Waals surface area contributed by atoms with E-state index in [2.05, 4.69) is 17.1 Å². The van der Waals surface area contributed by atoms with Gasteiger partial charge in [-0.2, -0.15) is 0 Å². The summed E-state index contributed by atoms with van der Waals surface area (Å²) in [6, 6.07) is -0.926. The van der Waals surface area contributed by atoms with Gasteiger partial charge in [-0.05, 0) is 73.5 Å². The summed E-state index contributed by atoms with van der Waals surface area (Å²) in [5, 5.41) is 38.6. The van der Waals surface area contributed by atoms with Crippen molar-refractivity contribution >= 4 is 5.91 Å². The van der Waals surface area contributed by atoms with Gasteiger partial charge in [-0.1, -0.05) is 41.0 Å². The number of aliphatic hydroxyl groups excluding tert-OH is 2. The summed E-state index contributed by atoms with van der Waals surface area (Å²) in [5.74, 6) is -1.58. The minimum Gasteiger partial charge on any atom is -0.489 e. The Morgan fingerprint density at radius 1 is 0.980 bits per heavy atom. The molecule has 0 aromatic heterocycles. The minimum absolute atomic E-state index is 0.146. The third-order valence-electron chi connectivity index (χ3n) is 12.4. The SMILES string of the molecule is CCCC1NC(=O)[C@H](C)[C@@H](OC2C[C@@](C)(OC)C[C@H](C)O2)[C@H](C)[C@@H](OC2O[C@H](C)C[C@H](N(C)CC)[C@H]2O)[C@@]2(C)CC(C)=C(O2)[C@H](C)[C@@H](O)[C@]1(C)O. The summed E-state index contributed by atoms with van der Waals surface area (Å²) in [4.78, 5) is 16.5. The van der Waals surface area contributed by atoms with Gasteiger partial charge in [-0.25, -0.2) is 0 Å². The molecule has 4 aliphatic heterocycles. The van der Waals surface area contributed by atoms with E-state index in [1.165, 1.54) is 0 Å². The lowest BCUT2D eigenvalue weighted by Gasteiger charge is -2.48. The Labute approximate surface area is 306 Å². The van der Waals surface area contributed by atoms with Crippen molar-refractivity contribution in [3.8, 4) is 0 Å². The molecule has 12 heteroatoms. The van der Waals surface area contributed by atoms with Gasteiger partial charge in [-0.3, -0.25) is 4.79 Å². The van der Waals surface area contributed by atoms with Crippen LogP contribution in [0.4, 0.5) is 0 Å². The number of carbonyl (C=O) groups is 1. The van der Waals surface area contributed by atoms with Gasteiger partial charge in [0.1, 0.15) is 29.2 Å². The number of nitrogens with one attached hydrogen (secondary N) is 1. The lowest BCUT2D eigenvalue weighted by atomic mass is 9.77. The van der Waals surface area contributed by atoms with Crippen molar-refractivity contribution in [1.29, 1.82) is 0 Å². The van der Waals surface area contributed by atoms with Gasteiger partial charge in [0.05, 0.1) is 42.0 Å². The van der Waals surface area contributed by atoms with Gasteiger partial charge in [0.25, 0.3) is 0 Å². The number of fused-ring (bicyclic) bond motifs is 2. The van der Waals surface area contributed by atoms with Crippen LogP contribution < -0.4 is 5.32 Å². The van der Waals surface area contributed by atoms with Gasteiger partial charge >= 0.3 is 0 Å². The van der Waals surface area contributed by atoms with Crippen LogP contribution in [0.2, 0.25) is 0 Å². The summed E-state index contributed by atoms with van der Waals surface area (Å²) in [6.45, 7) is 22.0. The largest absolute Gasteiger partial charge is 0.489 e. The monoisotopic (exact) mass is 727 g/mol. The molecule has 12 nitrogen and oxygen atoms in total. The zero-order valence-corrected chi connectivity index (χ0v) is 33.6. The molecule has 3 saturated heterocycles.